The van der Waals surface area contributed by atoms with Crippen LogP contribution in [0, 0.1) is 18.8 Å². The molecule has 2 aromatic rings. The molecule has 1 unspecified atom stereocenters. The summed E-state index contributed by atoms with van der Waals surface area (Å²) in [5, 5.41) is 45.8. The molecule has 28 nitrogen and oxygen atoms in total. The molecule has 0 saturated heterocycles. The maximum absolute atomic E-state index is 14.2. The van der Waals surface area contributed by atoms with Gasteiger partial charge in [-0.15, -0.1) is 0 Å². The van der Waals surface area contributed by atoms with Crippen molar-refractivity contribution in [2.45, 2.75) is 175 Å². The van der Waals surface area contributed by atoms with Crippen LogP contribution in [0.5, 0.6) is 0 Å². The van der Waals surface area contributed by atoms with E-state index in [9.17, 15) is 72.3 Å². The lowest BCUT2D eigenvalue weighted by Crippen LogP contribution is -2.62. The van der Waals surface area contributed by atoms with Crippen molar-refractivity contribution >= 4 is 105 Å². The summed E-state index contributed by atoms with van der Waals surface area (Å²) in [5.41, 5.74) is 1.41. The fraction of sp³-hybridized carbons (Fsp3) is 0.613. The molecule has 93 heavy (non-hydrogen) atoms. The highest BCUT2D eigenvalue weighted by molar-refractivity contribution is 8.76. The summed E-state index contributed by atoms with van der Waals surface area (Å²) in [5.74, 6) is -9.60. The van der Waals surface area contributed by atoms with Crippen molar-refractivity contribution < 1.29 is 86.5 Å². The Balaban J connectivity index is 2.19. The lowest BCUT2D eigenvalue weighted by molar-refractivity contribution is -0.142. The molecule has 2 rings (SSSR count). The van der Waals surface area contributed by atoms with Gasteiger partial charge in [0.1, 0.15) is 72.4 Å². The Hall–Kier alpha value is -7.03. The van der Waals surface area contributed by atoms with Crippen LogP contribution in [0.15, 0.2) is 54.6 Å². The number of carboxylic acids is 1. The summed E-state index contributed by atoms with van der Waals surface area (Å²) >= 11 is 0.393. The maximum Gasteiger partial charge on any atom is 0.408 e. The molecule has 0 spiro atoms. The largest absolute Gasteiger partial charge is 0.480 e. The van der Waals surface area contributed by atoms with Gasteiger partial charge in [-0.2, -0.15) is 0 Å². The molecule has 0 aliphatic rings. The van der Waals surface area contributed by atoms with E-state index in [1.165, 1.54) is 10.8 Å². The molecule has 10 atom stereocenters. The second-order valence-electron chi connectivity index (χ2n) is 23.2. The zero-order chi connectivity index (χ0) is 69.8. The summed E-state index contributed by atoms with van der Waals surface area (Å²) in [6, 6.07) is 3.22. The minimum Gasteiger partial charge on any atom is -0.480 e. The molecular weight excluding hydrogens is 1270 g/mol. The monoisotopic (exact) mass is 1360 g/mol. The number of ether oxygens (including phenoxy) is 3. The summed E-state index contributed by atoms with van der Waals surface area (Å²) < 4.78 is 25.6. The fourth-order valence-corrected chi connectivity index (χ4v) is 10.8. The average molecular weight is 1370 g/mol. The van der Waals surface area contributed by atoms with Gasteiger partial charge >= 0.3 is 12.1 Å². The van der Waals surface area contributed by atoms with E-state index in [1.54, 1.807) is 109 Å². The lowest BCUT2D eigenvalue weighted by atomic mass is 9.96. The van der Waals surface area contributed by atoms with Crippen LogP contribution < -0.4 is 53.2 Å². The molecule has 2 aromatic carbocycles. The van der Waals surface area contributed by atoms with Crippen molar-refractivity contribution in [1.82, 2.24) is 53.2 Å². The third kappa shape index (κ3) is 32.6. The molecule has 0 bridgehead atoms. The SMILES string of the molecule is CCSSC[C@H](NC(=O)OC(C)(C)C)C(=O)NCCOCCOCC(=O)N[C@@H](Cc1ccc(C)cc1)C(=O)N[C@@H](CC)C(=O)N[C@H](C(=O)N[C@@H](CO)C(=O)N[C@@H](CC(C)=O)C(=O)N[C@@H](Cc1ccccc1)C(=O)N[C@H](C(=O)N[C@@H](CCSO)C(=O)O)C(C)CC)C(C)C. The summed E-state index contributed by atoms with van der Waals surface area (Å²) in [6.45, 7) is 16.9. The first kappa shape index (κ1) is 82.1. The van der Waals surface area contributed by atoms with Gasteiger partial charge in [-0.25, -0.2) is 9.59 Å². The van der Waals surface area contributed by atoms with Crippen molar-refractivity contribution in [3.8, 4) is 0 Å². The number of ketones is 1. The second-order valence-corrected chi connectivity index (χ2v) is 26.7. The molecular formula is C62H96N10O18S3. The Labute approximate surface area is 556 Å². The normalized spacial score (nSPS) is 14.5. The highest BCUT2D eigenvalue weighted by Crippen LogP contribution is 2.22. The number of rotatable bonds is 44. The Kier molecular flexibility index (Phi) is 38.6. The number of amides is 10. The molecule has 10 amide bonds. The predicted octanol–water partition coefficient (Wildman–Crippen LogP) is 1.87. The van der Waals surface area contributed by atoms with Crippen LogP contribution in [-0.2, 0) is 79.8 Å². The molecule has 0 fully saturated rings. The van der Waals surface area contributed by atoms with Gasteiger partial charge in [0.25, 0.3) is 0 Å². The van der Waals surface area contributed by atoms with E-state index >= 15 is 0 Å². The van der Waals surface area contributed by atoms with E-state index in [-0.39, 0.29) is 57.8 Å². The Morgan fingerprint density at radius 1 is 0.559 bits per heavy atom. The first-order chi connectivity index (χ1) is 44.0. The number of aliphatic hydroxyl groups is 1. The smallest absolute Gasteiger partial charge is 0.408 e. The first-order valence-corrected chi connectivity index (χ1v) is 34.2. The van der Waals surface area contributed by atoms with Crippen LogP contribution in [0.4, 0.5) is 4.79 Å². The molecule has 31 heteroatoms. The first-order valence-electron chi connectivity index (χ1n) is 30.7. The number of benzene rings is 2. The number of nitrogens with one attached hydrogen (secondary N) is 10. The zero-order valence-corrected chi connectivity index (χ0v) is 57.3. The van der Waals surface area contributed by atoms with Crippen molar-refractivity contribution in [3.63, 3.8) is 0 Å². The van der Waals surface area contributed by atoms with E-state index in [4.69, 9.17) is 14.2 Å². The van der Waals surface area contributed by atoms with Gasteiger partial charge in [0.15, 0.2) is 0 Å². The van der Waals surface area contributed by atoms with Gasteiger partial charge in [0.2, 0.25) is 53.2 Å². The number of hydrogen-bond donors (Lipinski definition) is 13. The summed E-state index contributed by atoms with van der Waals surface area (Å²) in [7, 11) is 2.97. The fourth-order valence-electron chi connectivity index (χ4n) is 8.61. The number of aryl methyl sites for hydroxylation is 1. The molecule has 0 aromatic heterocycles. The van der Waals surface area contributed by atoms with E-state index < -0.39 is 162 Å². The predicted molar refractivity (Wildman–Crippen MR) is 353 cm³/mol. The molecule has 0 aliphatic heterocycles. The van der Waals surface area contributed by atoms with E-state index in [0.717, 1.165) is 18.2 Å². The minimum atomic E-state index is -1.78. The molecule has 0 saturated carbocycles. The van der Waals surface area contributed by atoms with Crippen molar-refractivity contribution in [3.05, 3.63) is 71.3 Å². The van der Waals surface area contributed by atoms with Crippen molar-refractivity contribution in [2.75, 3.05) is 56.8 Å². The maximum atomic E-state index is 14.2. The van der Waals surface area contributed by atoms with E-state index in [2.05, 4.69) is 53.2 Å². The highest BCUT2D eigenvalue weighted by Gasteiger charge is 2.37. The summed E-state index contributed by atoms with van der Waals surface area (Å²) in [4.78, 5) is 161. The molecule has 0 heterocycles. The van der Waals surface area contributed by atoms with Crippen molar-refractivity contribution in [2.24, 2.45) is 11.8 Å². The Bertz CT molecular complexity index is 2750. The van der Waals surface area contributed by atoms with Crippen LogP contribution in [0.2, 0.25) is 0 Å². The Morgan fingerprint density at radius 2 is 1.09 bits per heavy atom. The standard InChI is InChI=1S/C62H96N10O18S3/c1-12-38(7)51(59(83)66-43(60(84)85)24-29-91-87)72-56(80)46(31-40-18-16-15-17-19-40)68-54(78)44(30-39(8)74)67-57(81)47(33-73)69-58(82)50(36(4)5)71-53(77)42(13-2)65-55(79)45(32-41-22-20-37(6)21-23-41)64-49(75)34-89-28-27-88-26-25-63-52(76)48(35-93-92-14-3)70-61(86)90-62(9,10)11/h15-23,36,38,42-48,50-51,73,87H,12-14,24-35H2,1-11H3,(H,63,76)(H,64,75)(H,65,79)(H,66,83)(H,67,81)(H,68,78)(H,69,82)(H,70,86)(H,71,77)(H,72,80)(H,84,85)/t38?,42-,43-,44-,45-,46-,47-,48-,50-,51-/m0/s1. The summed E-state index contributed by atoms with van der Waals surface area (Å²) in [6.07, 6.45) is -1.29. The Morgan fingerprint density at radius 3 is 1.66 bits per heavy atom. The van der Waals surface area contributed by atoms with Crippen molar-refractivity contribution in [1.29, 1.82) is 0 Å². The van der Waals surface area contributed by atoms with Gasteiger partial charge < -0.3 is 82.1 Å². The number of aliphatic hydroxyl groups excluding tert-OH is 1. The second kappa shape index (κ2) is 43.8. The number of Topliss-reactive ketones (excluding diaryl/α,β-unsaturated/α-hetero) is 1. The van der Waals surface area contributed by atoms with Crippen LogP contribution in [0.1, 0.15) is 112 Å². The molecule has 13 N–H and O–H groups in total. The minimum absolute atomic E-state index is 0.000738. The highest BCUT2D eigenvalue weighted by atomic mass is 33.1. The average Bonchev–Trinajstić information content (AvgIpc) is 0.966. The van der Waals surface area contributed by atoms with Crippen LogP contribution in [0.3, 0.4) is 0 Å². The molecule has 0 radical (unpaired) electrons. The number of hydrogen-bond acceptors (Lipinski definition) is 20. The van der Waals surface area contributed by atoms with Crippen LogP contribution in [-0.4, -0.2) is 203 Å². The number of carbonyl (C=O) groups excluding carboxylic acids is 11. The van der Waals surface area contributed by atoms with Gasteiger partial charge in [-0.05, 0) is 82.5 Å². The van der Waals surface area contributed by atoms with E-state index in [0.29, 0.717) is 35.3 Å². The molecule has 0 aliphatic carbocycles. The van der Waals surface area contributed by atoms with Gasteiger partial charge in [0.05, 0.1) is 26.4 Å². The third-order valence-electron chi connectivity index (χ3n) is 13.9. The lowest BCUT2D eigenvalue weighted by Gasteiger charge is -2.29. The number of carboxylic acid groups (broad SMARTS) is 1. The quantitative estimate of drug-likeness (QED) is 0.0256. The van der Waals surface area contributed by atoms with Gasteiger partial charge in [-0.3, -0.25) is 47.9 Å². The number of carbonyl (C=O) groups is 12. The zero-order valence-electron chi connectivity index (χ0n) is 54.8. The number of alkyl carbamates (subject to hydrolysis) is 1. The van der Waals surface area contributed by atoms with Gasteiger partial charge in [-0.1, -0.05) is 130 Å². The van der Waals surface area contributed by atoms with Crippen LogP contribution in [0.25, 0.3) is 0 Å². The topological polar surface area (TPSA) is 414 Å². The molecule has 520 valence electrons. The van der Waals surface area contributed by atoms with Gasteiger partial charge in [0, 0.05) is 43.1 Å². The van der Waals surface area contributed by atoms with E-state index in [1.807, 2.05) is 26.0 Å². The number of aliphatic carboxylic acids is 1. The van der Waals surface area contributed by atoms with Crippen LogP contribution >= 0.6 is 33.6 Å². The third-order valence-corrected chi connectivity index (χ3v) is 16.8.